The molecule has 28 heavy (non-hydrogen) atoms. The number of methoxy groups -OCH3 is 1. The molecule has 0 saturated carbocycles. The lowest BCUT2D eigenvalue weighted by Gasteiger charge is -2.36. The smallest absolute Gasteiger partial charge is 0.405 e. The molecule has 0 bridgehead atoms. The van der Waals surface area contributed by atoms with Crippen molar-refractivity contribution in [2.24, 2.45) is 0 Å². The van der Waals surface area contributed by atoms with Crippen LogP contribution in [0.2, 0.25) is 0 Å². The van der Waals surface area contributed by atoms with E-state index >= 15 is 0 Å². The Morgan fingerprint density at radius 2 is 2.11 bits per heavy atom. The summed E-state index contributed by atoms with van der Waals surface area (Å²) in [6.45, 7) is 1.33. The average Bonchev–Trinajstić information content (AvgIpc) is 2.67. The van der Waals surface area contributed by atoms with E-state index in [9.17, 15) is 18.0 Å². The Labute approximate surface area is 163 Å². The summed E-state index contributed by atoms with van der Waals surface area (Å²) in [5, 5.41) is 5.59. The second-order valence-electron chi connectivity index (χ2n) is 7.51. The number of carbonyl (C=O) groups excluding carboxylic acids is 1. The number of amides is 1. The minimum atomic E-state index is -4.36. The highest BCUT2D eigenvalue weighted by Crippen LogP contribution is 2.35. The lowest BCUT2D eigenvalue weighted by molar-refractivity contribution is -0.184. The first-order valence-corrected chi connectivity index (χ1v) is 9.83. The minimum absolute atomic E-state index is 0.0400. The highest BCUT2D eigenvalue weighted by molar-refractivity contribution is 5.77. The Hall–Kier alpha value is -1.80. The fourth-order valence-electron chi connectivity index (χ4n) is 4.18. The van der Waals surface area contributed by atoms with Crippen LogP contribution in [-0.4, -0.2) is 62.9 Å². The number of ether oxygens (including phenoxy) is 1. The average molecular weight is 399 g/mol. The van der Waals surface area contributed by atoms with Crippen LogP contribution < -0.4 is 15.4 Å². The number of carbonyl (C=O) groups is 1. The van der Waals surface area contributed by atoms with Gasteiger partial charge in [-0.2, -0.15) is 13.2 Å². The number of aryl methyl sites for hydroxylation is 1. The molecule has 1 fully saturated rings. The van der Waals surface area contributed by atoms with Crippen LogP contribution in [0.1, 0.15) is 36.3 Å². The van der Waals surface area contributed by atoms with Crippen LogP contribution >= 0.6 is 0 Å². The van der Waals surface area contributed by atoms with Crippen molar-refractivity contribution in [3.63, 3.8) is 0 Å². The maximum Gasteiger partial charge on any atom is 0.405 e. The van der Waals surface area contributed by atoms with E-state index in [-0.39, 0.29) is 18.2 Å². The second kappa shape index (κ2) is 9.13. The quantitative estimate of drug-likeness (QED) is 0.772. The molecule has 1 aromatic carbocycles. The van der Waals surface area contributed by atoms with Crippen molar-refractivity contribution >= 4 is 5.91 Å². The van der Waals surface area contributed by atoms with Crippen molar-refractivity contribution in [1.82, 2.24) is 15.5 Å². The van der Waals surface area contributed by atoms with Gasteiger partial charge in [-0.25, -0.2) is 0 Å². The Kier molecular flexibility index (Phi) is 6.82. The van der Waals surface area contributed by atoms with E-state index in [1.807, 2.05) is 18.2 Å². The third-order valence-corrected chi connectivity index (χ3v) is 5.68. The first-order valence-electron chi connectivity index (χ1n) is 9.83. The molecule has 1 amide bonds. The molecule has 2 atom stereocenters. The molecule has 1 saturated heterocycles. The Bertz CT molecular complexity index is 675. The third kappa shape index (κ3) is 5.17. The van der Waals surface area contributed by atoms with E-state index in [0.717, 1.165) is 36.1 Å². The summed E-state index contributed by atoms with van der Waals surface area (Å²) in [5.74, 6) is 0.504. The highest BCUT2D eigenvalue weighted by atomic mass is 19.4. The number of nitrogens with zero attached hydrogens (tertiary/aromatic N) is 1. The molecule has 1 aliphatic heterocycles. The minimum Gasteiger partial charge on any atom is -0.497 e. The third-order valence-electron chi connectivity index (χ3n) is 5.68. The Balaban J connectivity index is 1.59. The van der Waals surface area contributed by atoms with Crippen LogP contribution in [0.5, 0.6) is 5.75 Å². The molecule has 8 heteroatoms. The van der Waals surface area contributed by atoms with Gasteiger partial charge in [0.05, 0.1) is 7.11 Å². The molecular weight excluding hydrogens is 371 g/mol. The molecule has 1 heterocycles. The van der Waals surface area contributed by atoms with E-state index in [1.54, 1.807) is 7.11 Å². The number of hydrogen-bond acceptors (Lipinski definition) is 4. The summed E-state index contributed by atoms with van der Waals surface area (Å²) in [6, 6.07) is 4.20. The predicted octanol–water partition coefficient (Wildman–Crippen LogP) is 2.46. The molecule has 0 radical (unpaired) electrons. The van der Waals surface area contributed by atoms with Gasteiger partial charge in [0.25, 0.3) is 0 Å². The monoisotopic (exact) mass is 399 g/mol. The van der Waals surface area contributed by atoms with Crippen molar-refractivity contribution in [1.29, 1.82) is 0 Å². The van der Waals surface area contributed by atoms with Crippen LogP contribution in [0.15, 0.2) is 18.2 Å². The summed E-state index contributed by atoms with van der Waals surface area (Å²) in [5.41, 5.74) is 2.27. The number of benzene rings is 1. The van der Waals surface area contributed by atoms with E-state index < -0.39 is 18.8 Å². The number of alkyl halides is 3. The molecule has 0 spiro atoms. The van der Waals surface area contributed by atoms with Gasteiger partial charge in [-0.05, 0) is 48.4 Å². The molecule has 156 valence electrons. The molecule has 1 aliphatic carbocycles. The molecule has 2 aliphatic rings. The summed E-state index contributed by atoms with van der Waals surface area (Å²) >= 11 is 0. The molecule has 2 N–H and O–H groups in total. The molecule has 3 rings (SSSR count). The number of halogens is 3. The fourth-order valence-corrected chi connectivity index (χ4v) is 4.18. The summed E-state index contributed by atoms with van der Waals surface area (Å²) < 4.78 is 45.6. The van der Waals surface area contributed by atoms with Crippen LogP contribution in [0.4, 0.5) is 13.2 Å². The molecule has 1 aromatic rings. The van der Waals surface area contributed by atoms with E-state index in [1.165, 1.54) is 4.90 Å². The lowest BCUT2D eigenvalue weighted by Crippen LogP contribution is -2.57. The van der Waals surface area contributed by atoms with Gasteiger partial charge in [0.1, 0.15) is 11.8 Å². The zero-order valence-corrected chi connectivity index (χ0v) is 16.1. The summed E-state index contributed by atoms with van der Waals surface area (Å²) in [7, 11) is 1.62. The number of rotatable bonds is 6. The topological polar surface area (TPSA) is 53.6 Å². The standard InChI is InChI=1S/C20H28F3N3O2/c1-28-16-5-6-17-14(11-16)3-2-4-15(17)12-19(27)25-13-18(20(21,22)23)26-9-7-24-8-10-26/h5-6,11,15,18,24H,2-4,7-10,12-13H2,1H3,(H,25,27). The Morgan fingerprint density at radius 3 is 2.79 bits per heavy atom. The van der Waals surface area contributed by atoms with Gasteiger partial charge in [-0.1, -0.05) is 6.07 Å². The largest absolute Gasteiger partial charge is 0.497 e. The van der Waals surface area contributed by atoms with Crippen LogP contribution in [-0.2, 0) is 11.2 Å². The number of fused-ring (bicyclic) bond motifs is 1. The van der Waals surface area contributed by atoms with E-state index in [2.05, 4.69) is 10.6 Å². The van der Waals surface area contributed by atoms with Crippen molar-refractivity contribution in [3.8, 4) is 5.75 Å². The molecule has 5 nitrogen and oxygen atoms in total. The van der Waals surface area contributed by atoms with E-state index in [4.69, 9.17) is 4.74 Å². The number of nitrogens with one attached hydrogen (secondary N) is 2. The van der Waals surface area contributed by atoms with Gasteiger partial charge < -0.3 is 15.4 Å². The van der Waals surface area contributed by atoms with Gasteiger partial charge in [-0.3, -0.25) is 9.69 Å². The lowest BCUT2D eigenvalue weighted by atomic mass is 9.81. The van der Waals surface area contributed by atoms with E-state index in [0.29, 0.717) is 26.2 Å². The Morgan fingerprint density at radius 1 is 1.36 bits per heavy atom. The molecule has 2 unspecified atom stereocenters. The van der Waals surface area contributed by atoms with Crippen LogP contribution in [0, 0.1) is 0 Å². The summed E-state index contributed by atoms with van der Waals surface area (Å²) in [6.07, 6.45) is -1.38. The molecular formula is C20H28F3N3O2. The first kappa shape index (κ1) is 20.9. The SMILES string of the molecule is COc1ccc2c(c1)CCCC2CC(=O)NCC(N1CCNCC1)C(F)(F)F. The second-order valence-corrected chi connectivity index (χ2v) is 7.51. The predicted molar refractivity (Wildman–Crippen MR) is 101 cm³/mol. The molecule has 0 aromatic heterocycles. The maximum atomic E-state index is 13.5. The highest BCUT2D eigenvalue weighted by Gasteiger charge is 2.43. The normalized spacial score (nSPS) is 21.6. The zero-order valence-electron chi connectivity index (χ0n) is 16.1. The number of hydrogen-bond donors (Lipinski definition) is 2. The summed E-state index contributed by atoms with van der Waals surface area (Å²) in [4.78, 5) is 13.8. The van der Waals surface area contributed by atoms with Gasteiger partial charge >= 0.3 is 6.18 Å². The van der Waals surface area contributed by atoms with Gasteiger partial charge in [-0.15, -0.1) is 0 Å². The fraction of sp³-hybridized carbons (Fsp3) is 0.650. The van der Waals surface area contributed by atoms with Crippen LogP contribution in [0.25, 0.3) is 0 Å². The van der Waals surface area contributed by atoms with Crippen molar-refractivity contribution in [2.75, 3.05) is 39.8 Å². The van der Waals surface area contributed by atoms with Crippen molar-refractivity contribution < 1.29 is 22.7 Å². The maximum absolute atomic E-state index is 13.5. The van der Waals surface area contributed by atoms with Gasteiger partial charge in [0, 0.05) is 39.1 Å². The van der Waals surface area contributed by atoms with Crippen molar-refractivity contribution in [3.05, 3.63) is 29.3 Å². The van der Waals surface area contributed by atoms with Crippen LogP contribution in [0.3, 0.4) is 0 Å². The van der Waals surface area contributed by atoms with Crippen molar-refractivity contribution in [2.45, 2.75) is 43.8 Å². The first-order chi connectivity index (χ1) is 13.4. The van der Waals surface area contributed by atoms with Gasteiger partial charge in [0.15, 0.2) is 0 Å². The number of piperazine rings is 1. The zero-order chi connectivity index (χ0) is 20.1. The van der Waals surface area contributed by atoms with Gasteiger partial charge in [0.2, 0.25) is 5.91 Å².